The van der Waals surface area contributed by atoms with Gasteiger partial charge < -0.3 is 4.90 Å². The highest BCUT2D eigenvalue weighted by Crippen LogP contribution is 2.15. The molecule has 0 bridgehead atoms. The van der Waals surface area contributed by atoms with Crippen LogP contribution in [-0.4, -0.2) is 25.5 Å². The second-order valence-corrected chi connectivity index (χ2v) is 3.16. The SMILES string of the molecule is C1CCCC1.CCN(C)C. The van der Waals surface area contributed by atoms with Gasteiger partial charge in [-0.15, -0.1) is 0 Å². The first-order valence-corrected chi connectivity index (χ1v) is 4.42. The van der Waals surface area contributed by atoms with Crippen molar-refractivity contribution in [3.05, 3.63) is 0 Å². The van der Waals surface area contributed by atoms with Gasteiger partial charge in [0.2, 0.25) is 0 Å². The zero-order valence-corrected chi connectivity index (χ0v) is 7.69. The van der Waals surface area contributed by atoms with Crippen molar-refractivity contribution in [1.29, 1.82) is 0 Å². The molecule has 1 heteroatoms. The summed E-state index contributed by atoms with van der Waals surface area (Å²) in [4.78, 5) is 2.12. The van der Waals surface area contributed by atoms with Gasteiger partial charge in [-0.1, -0.05) is 39.0 Å². The van der Waals surface area contributed by atoms with E-state index in [0.29, 0.717) is 0 Å². The summed E-state index contributed by atoms with van der Waals surface area (Å²) in [6.07, 6.45) is 7.50. The molecule has 1 rings (SSSR count). The Bertz CT molecular complexity index is 48.1. The third-order valence-electron chi connectivity index (χ3n) is 1.88. The quantitative estimate of drug-likeness (QED) is 0.545. The second-order valence-electron chi connectivity index (χ2n) is 3.16. The molecule has 0 aliphatic heterocycles. The van der Waals surface area contributed by atoms with Crippen LogP contribution in [0.25, 0.3) is 0 Å². The molecule has 0 N–H and O–H groups in total. The Morgan fingerprint density at radius 3 is 1.20 bits per heavy atom. The van der Waals surface area contributed by atoms with E-state index in [1.165, 1.54) is 32.1 Å². The minimum Gasteiger partial charge on any atom is -0.310 e. The summed E-state index contributed by atoms with van der Waals surface area (Å²) >= 11 is 0. The average Bonchev–Trinajstić information content (AvgIpc) is 2.43. The van der Waals surface area contributed by atoms with Crippen LogP contribution in [0.1, 0.15) is 39.0 Å². The third kappa shape index (κ3) is 7.96. The Morgan fingerprint density at radius 1 is 0.900 bits per heavy atom. The average molecular weight is 143 g/mol. The van der Waals surface area contributed by atoms with Gasteiger partial charge in [-0.2, -0.15) is 0 Å². The van der Waals surface area contributed by atoms with Crippen LogP contribution in [-0.2, 0) is 0 Å². The van der Waals surface area contributed by atoms with Crippen molar-refractivity contribution < 1.29 is 0 Å². The van der Waals surface area contributed by atoms with Gasteiger partial charge >= 0.3 is 0 Å². The Hall–Kier alpha value is -0.0400. The number of hydrogen-bond donors (Lipinski definition) is 0. The summed E-state index contributed by atoms with van der Waals surface area (Å²) in [5.41, 5.74) is 0. The van der Waals surface area contributed by atoms with Gasteiger partial charge in [-0.3, -0.25) is 0 Å². The minimum atomic E-state index is 1.14. The first-order chi connectivity index (χ1) is 4.77. The van der Waals surface area contributed by atoms with Crippen molar-refractivity contribution in [2.24, 2.45) is 0 Å². The van der Waals surface area contributed by atoms with E-state index in [0.717, 1.165) is 6.54 Å². The van der Waals surface area contributed by atoms with Gasteiger partial charge in [-0.05, 0) is 20.6 Å². The maximum Gasteiger partial charge on any atom is -0.00533 e. The first-order valence-electron chi connectivity index (χ1n) is 4.42. The van der Waals surface area contributed by atoms with Crippen molar-refractivity contribution in [3.8, 4) is 0 Å². The molecule has 0 amide bonds. The lowest BCUT2D eigenvalue weighted by Crippen LogP contribution is -2.08. The Labute approximate surface area is 65.4 Å². The molecule has 0 saturated heterocycles. The molecule has 0 aromatic heterocycles. The monoisotopic (exact) mass is 143 g/mol. The maximum atomic E-state index is 2.12. The molecular weight excluding hydrogens is 122 g/mol. The first kappa shape index (κ1) is 9.96. The summed E-state index contributed by atoms with van der Waals surface area (Å²) in [5.74, 6) is 0. The topological polar surface area (TPSA) is 3.24 Å². The van der Waals surface area contributed by atoms with Crippen molar-refractivity contribution in [1.82, 2.24) is 4.90 Å². The normalized spacial score (nSPS) is 16.8. The fraction of sp³-hybridized carbons (Fsp3) is 1.00. The van der Waals surface area contributed by atoms with Crippen LogP contribution >= 0.6 is 0 Å². The highest BCUT2D eigenvalue weighted by atomic mass is 15.0. The van der Waals surface area contributed by atoms with Gasteiger partial charge in [-0.25, -0.2) is 0 Å². The predicted octanol–water partition coefficient (Wildman–Crippen LogP) is 2.52. The van der Waals surface area contributed by atoms with Gasteiger partial charge in [0.15, 0.2) is 0 Å². The van der Waals surface area contributed by atoms with Crippen molar-refractivity contribution >= 4 is 0 Å². The molecular formula is C9H21N. The molecule has 0 aromatic carbocycles. The van der Waals surface area contributed by atoms with Crippen LogP contribution in [0.2, 0.25) is 0 Å². The molecule has 0 atom stereocenters. The van der Waals surface area contributed by atoms with Gasteiger partial charge in [0, 0.05) is 0 Å². The largest absolute Gasteiger partial charge is 0.310 e. The summed E-state index contributed by atoms with van der Waals surface area (Å²) < 4.78 is 0. The molecule has 1 aliphatic rings. The second kappa shape index (κ2) is 7.07. The minimum absolute atomic E-state index is 1.14. The van der Waals surface area contributed by atoms with Crippen LogP contribution < -0.4 is 0 Å². The molecule has 1 nitrogen and oxygen atoms in total. The standard InChI is InChI=1S/C5H10.C4H11N/c1-2-4-5-3-1;1-4-5(2)3/h1-5H2;4H2,1-3H3. The molecule has 0 unspecified atom stereocenters. The van der Waals surface area contributed by atoms with Crippen molar-refractivity contribution in [2.45, 2.75) is 39.0 Å². The Morgan fingerprint density at radius 2 is 1.10 bits per heavy atom. The van der Waals surface area contributed by atoms with Crippen LogP contribution in [0.15, 0.2) is 0 Å². The van der Waals surface area contributed by atoms with E-state index in [1.54, 1.807) is 0 Å². The zero-order chi connectivity index (χ0) is 7.82. The number of rotatable bonds is 1. The summed E-state index contributed by atoms with van der Waals surface area (Å²) in [6.45, 7) is 3.26. The van der Waals surface area contributed by atoms with Crippen molar-refractivity contribution in [3.63, 3.8) is 0 Å². The van der Waals surface area contributed by atoms with Gasteiger partial charge in [0.1, 0.15) is 0 Å². The molecule has 0 heterocycles. The molecule has 0 spiro atoms. The third-order valence-corrected chi connectivity index (χ3v) is 1.88. The lowest BCUT2D eigenvalue weighted by atomic mass is 10.4. The Balaban J connectivity index is 0.000000162. The molecule has 1 aliphatic carbocycles. The van der Waals surface area contributed by atoms with E-state index in [9.17, 15) is 0 Å². The molecule has 10 heavy (non-hydrogen) atoms. The van der Waals surface area contributed by atoms with E-state index in [2.05, 4.69) is 25.9 Å². The smallest absolute Gasteiger partial charge is 0.00533 e. The van der Waals surface area contributed by atoms with Gasteiger partial charge in [0.05, 0.1) is 0 Å². The Kier molecular flexibility index (Phi) is 7.04. The van der Waals surface area contributed by atoms with E-state index >= 15 is 0 Å². The van der Waals surface area contributed by atoms with Crippen LogP contribution in [0.4, 0.5) is 0 Å². The van der Waals surface area contributed by atoms with E-state index in [1.807, 2.05) is 0 Å². The van der Waals surface area contributed by atoms with Gasteiger partial charge in [0.25, 0.3) is 0 Å². The van der Waals surface area contributed by atoms with Crippen LogP contribution in [0, 0.1) is 0 Å². The lowest BCUT2D eigenvalue weighted by molar-refractivity contribution is 0.434. The van der Waals surface area contributed by atoms with Crippen LogP contribution in [0.5, 0.6) is 0 Å². The molecule has 1 saturated carbocycles. The molecule has 0 aromatic rings. The lowest BCUT2D eigenvalue weighted by Gasteiger charge is -2.00. The molecule has 62 valence electrons. The van der Waals surface area contributed by atoms with E-state index in [-0.39, 0.29) is 0 Å². The summed E-state index contributed by atoms with van der Waals surface area (Å²) in [6, 6.07) is 0. The highest BCUT2D eigenvalue weighted by Gasteiger charge is 1.95. The molecule has 1 fully saturated rings. The zero-order valence-electron chi connectivity index (χ0n) is 7.69. The van der Waals surface area contributed by atoms with Crippen molar-refractivity contribution in [2.75, 3.05) is 20.6 Å². The van der Waals surface area contributed by atoms with E-state index < -0.39 is 0 Å². The maximum absolute atomic E-state index is 2.12. The predicted molar refractivity (Wildman–Crippen MR) is 47.3 cm³/mol. The number of hydrogen-bond acceptors (Lipinski definition) is 1. The summed E-state index contributed by atoms with van der Waals surface area (Å²) in [7, 11) is 4.11. The van der Waals surface area contributed by atoms with E-state index in [4.69, 9.17) is 0 Å². The fourth-order valence-electron chi connectivity index (χ4n) is 0.884. The number of nitrogens with zero attached hydrogens (tertiary/aromatic N) is 1. The fourth-order valence-corrected chi connectivity index (χ4v) is 0.884. The summed E-state index contributed by atoms with van der Waals surface area (Å²) in [5, 5.41) is 0. The molecule has 0 radical (unpaired) electrons. The van der Waals surface area contributed by atoms with Crippen LogP contribution in [0.3, 0.4) is 0 Å². The highest BCUT2D eigenvalue weighted by molar-refractivity contribution is 4.51.